The average Bonchev–Trinajstić information content (AvgIpc) is 2.39. The van der Waals surface area contributed by atoms with Crippen LogP contribution in [0.5, 0.6) is 5.75 Å². The predicted octanol–water partition coefficient (Wildman–Crippen LogP) is 1.96. The number of anilines is 2. The van der Waals surface area contributed by atoms with E-state index in [9.17, 15) is 4.79 Å². The highest BCUT2D eigenvalue weighted by Gasteiger charge is 2.17. The lowest BCUT2D eigenvalue weighted by Gasteiger charge is -2.19. The number of benzene rings is 1. The lowest BCUT2D eigenvalue weighted by molar-refractivity contribution is -0.116. The van der Waals surface area contributed by atoms with E-state index in [2.05, 4.69) is 12.2 Å². The summed E-state index contributed by atoms with van der Waals surface area (Å²) in [6, 6.07) is 3.67. The van der Waals surface area contributed by atoms with Crippen molar-refractivity contribution in [2.75, 3.05) is 30.9 Å². The predicted molar refractivity (Wildman–Crippen MR) is 74.4 cm³/mol. The van der Waals surface area contributed by atoms with Crippen molar-refractivity contribution >= 4 is 17.3 Å². The van der Waals surface area contributed by atoms with Crippen molar-refractivity contribution in [1.82, 2.24) is 0 Å². The topological polar surface area (TPSA) is 73.6 Å². The Morgan fingerprint density at radius 2 is 2.11 bits per heavy atom. The molecule has 1 aromatic rings. The molecule has 1 aliphatic rings. The van der Waals surface area contributed by atoms with Crippen molar-refractivity contribution in [1.29, 1.82) is 0 Å². The van der Waals surface area contributed by atoms with Crippen LogP contribution in [0, 0.1) is 0 Å². The Kier molecular flexibility index (Phi) is 4.63. The molecular formula is C14H20N2O3. The van der Waals surface area contributed by atoms with E-state index in [0.29, 0.717) is 31.1 Å². The van der Waals surface area contributed by atoms with Crippen LogP contribution in [0.4, 0.5) is 11.4 Å². The Balaban J connectivity index is 1.97. The number of nitrogens with two attached hydrogens (primary N) is 1. The molecular weight excluding hydrogens is 244 g/mol. The fourth-order valence-electron chi connectivity index (χ4n) is 2.01. The molecule has 0 saturated carbocycles. The third-order valence-electron chi connectivity index (χ3n) is 2.96. The van der Waals surface area contributed by atoms with Gasteiger partial charge in [-0.3, -0.25) is 4.79 Å². The van der Waals surface area contributed by atoms with Gasteiger partial charge in [0.05, 0.1) is 12.3 Å². The Morgan fingerprint density at radius 3 is 2.89 bits per heavy atom. The van der Waals surface area contributed by atoms with Crippen molar-refractivity contribution in [2.24, 2.45) is 0 Å². The van der Waals surface area contributed by atoms with E-state index in [1.54, 1.807) is 6.07 Å². The fourth-order valence-corrected chi connectivity index (χ4v) is 2.01. The van der Waals surface area contributed by atoms with Crippen LogP contribution in [0.15, 0.2) is 12.1 Å². The van der Waals surface area contributed by atoms with Crippen LogP contribution < -0.4 is 15.8 Å². The van der Waals surface area contributed by atoms with Crippen molar-refractivity contribution in [3.05, 3.63) is 17.7 Å². The summed E-state index contributed by atoms with van der Waals surface area (Å²) in [5.74, 6) is 0.635. The molecule has 104 valence electrons. The second kappa shape index (κ2) is 6.43. The molecule has 0 saturated heterocycles. The van der Waals surface area contributed by atoms with Crippen LogP contribution in [-0.4, -0.2) is 25.7 Å². The lowest BCUT2D eigenvalue weighted by Crippen LogP contribution is -2.19. The summed E-state index contributed by atoms with van der Waals surface area (Å²) in [7, 11) is 0. The molecule has 1 heterocycles. The first-order chi connectivity index (χ1) is 9.20. The average molecular weight is 264 g/mol. The number of aryl methyl sites for hydroxylation is 1. The molecule has 0 aliphatic carbocycles. The smallest absolute Gasteiger partial charge is 0.224 e. The summed E-state index contributed by atoms with van der Waals surface area (Å²) in [6.45, 7) is 3.79. The Labute approximate surface area is 113 Å². The van der Waals surface area contributed by atoms with Gasteiger partial charge < -0.3 is 20.5 Å². The van der Waals surface area contributed by atoms with Crippen LogP contribution in [0.1, 0.15) is 25.3 Å². The second-order valence-electron chi connectivity index (χ2n) is 4.56. The third-order valence-corrected chi connectivity index (χ3v) is 2.96. The molecule has 5 heteroatoms. The summed E-state index contributed by atoms with van der Waals surface area (Å²) in [5, 5.41) is 2.83. The summed E-state index contributed by atoms with van der Waals surface area (Å²) >= 11 is 0. The van der Waals surface area contributed by atoms with Crippen LogP contribution in [0.2, 0.25) is 0 Å². The van der Waals surface area contributed by atoms with Crippen molar-refractivity contribution in [3.8, 4) is 5.75 Å². The number of hydrogen-bond donors (Lipinski definition) is 2. The SMILES string of the molecule is CCCOCCOc1cc2c(cc1N)CCC(=O)N2. The van der Waals surface area contributed by atoms with Gasteiger partial charge in [0.25, 0.3) is 0 Å². The zero-order valence-corrected chi connectivity index (χ0v) is 11.2. The van der Waals surface area contributed by atoms with Crippen molar-refractivity contribution < 1.29 is 14.3 Å². The van der Waals surface area contributed by atoms with Gasteiger partial charge >= 0.3 is 0 Å². The largest absolute Gasteiger partial charge is 0.489 e. The van der Waals surface area contributed by atoms with Gasteiger partial charge in [-0.05, 0) is 24.5 Å². The van der Waals surface area contributed by atoms with E-state index in [0.717, 1.165) is 30.7 Å². The van der Waals surface area contributed by atoms with E-state index in [-0.39, 0.29) is 5.91 Å². The van der Waals surface area contributed by atoms with Gasteiger partial charge in [-0.2, -0.15) is 0 Å². The summed E-state index contributed by atoms with van der Waals surface area (Å²) < 4.78 is 10.9. The molecule has 0 bridgehead atoms. The number of nitrogens with one attached hydrogen (secondary N) is 1. The molecule has 0 aromatic heterocycles. The number of carbonyl (C=O) groups is 1. The minimum absolute atomic E-state index is 0.0366. The van der Waals surface area contributed by atoms with Gasteiger partial charge in [-0.15, -0.1) is 0 Å². The standard InChI is InChI=1S/C14H20N2O3/c1-2-5-18-6-7-19-13-9-12-10(8-11(13)15)3-4-14(17)16-12/h8-9H,2-7,15H2,1H3,(H,16,17). The maximum absolute atomic E-state index is 11.4. The van der Waals surface area contributed by atoms with Gasteiger partial charge in [0, 0.05) is 24.8 Å². The lowest BCUT2D eigenvalue weighted by atomic mass is 10.0. The Morgan fingerprint density at radius 1 is 1.26 bits per heavy atom. The molecule has 1 amide bonds. The quantitative estimate of drug-likeness (QED) is 0.608. The fraction of sp³-hybridized carbons (Fsp3) is 0.500. The maximum atomic E-state index is 11.4. The van der Waals surface area contributed by atoms with Crippen LogP contribution >= 0.6 is 0 Å². The molecule has 2 rings (SSSR count). The van der Waals surface area contributed by atoms with Crippen LogP contribution in [-0.2, 0) is 16.0 Å². The Hall–Kier alpha value is -1.75. The highest BCUT2D eigenvalue weighted by atomic mass is 16.5. The third kappa shape index (κ3) is 3.61. The first kappa shape index (κ1) is 13.7. The van der Waals surface area contributed by atoms with Crippen molar-refractivity contribution in [2.45, 2.75) is 26.2 Å². The number of amides is 1. The van der Waals surface area contributed by atoms with Gasteiger partial charge in [0.2, 0.25) is 5.91 Å². The van der Waals surface area contributed by atoms with Crippen LogP contribution in [0.25, 0.3) is 0 Å². The first-order valence-corrected chi connectivity index (χ1v) is 6.63. The minimum Gasteiger partial charge on any atom is -0.489 e. The molecule has 0 atom stereocenters. The van der Waals surface area contributed by atoms with E-state index < -0.39 is 0 Å². The number of fused-ring (bicyclic) bond motifs is 1. The number of rotatable bonds is 6. The highest BCUT2D eigenvalue weighted by molar-refractivity contribution is 5.94. The van der Waals surface area contributed by atoms with Gasteiger partial charge in [-0.25, -0.2) is 0 Å². The highest BCUT2D eigenvalue weighted by Crippen LogP contribution is 2.32. The zero-order chi connectivity index (χ0) is 13.7. The summed E-state index contributed by atoms with van der Waals surface area (Å²) in [6.07, 6.45) is 2.23. The molecule has 19 heavy (non-hydrogen) atoms. The van der Waals surface area contributed by atoms with E-state index in [1.807, 2.05) is 6.07 Å². The van der Waals surface area contributed by atoms with E-state index in [1.165, 1.54) is 0 Å². The minimum atomic E-state index is 0.0366. The van der Waals surface area contributed by atoms with Gasteiger partial charge in [0.15, 0.2) is 0 Å². The van der Waals surface area contributed by atoms with Crippen molar-refractivity contribution in [3.63, 3.8) is 0 Å². The van der Waals surface area contributed by atoms with E-state index in [4.69, 9.17) is 15.2 Å². The molecule has 0 fully saturated rings. The molecule has 1 aliphatic heterocycles. The summed E-state index contributed by atoms with van der Waals surface area (Å²) in [5.41, 5.74) is 8.41. The Bertz CT molecular complexity index is 460. The molecule has 5 nitrogen and oxygen atoms in total. The molecule has 3 N–H and O–H groups in total. The number of nitrogen functional groups attached to an aromatic ring is 1. The monoisotopic (exact) mass is 264 g/mol. The number of carbonyl (C=O) groups excluding carboxylic acids is 1. The zero-order valence-electron chi connectivity index (χ0n) is 11.2. The van der Waals surface area contributed by atoms with Crippen LogP contribution in [0.3, 0.4) is 0 Å². The number of hydrogen-bond acceptors (Lipinski definition) is 4. The number of ether oxygens (including phenoxy) is 2. The normalized spacial score (nSPS) is 13.8. The summed E-state index contributed by atoms with van der Waals surface area (Å²) in [4.78, 5) is 11.4. The van der Waals surface area contributed by atoms with E-state index >= 15 is 0 Å². The molecule has 0 unspecified atom stereocenters. The maximum Gasteiger partial charge on any atom is 0.224 e. The molecule has 1 aromatic carbocycles. The van der Waals surface area contributed by atoms with Gasteiger partial charge in [-0.1, -0.05) is 6.92 Å². The molecule has 0 spiro atoms. The molecule has 0 radical (unpaired) electrons. The second-order valence-corrected chi connectivity index (χ2v) is 4.56. The first-order valence-electron chi connectivity index (χ1n) is 6.63. The van der Waals surface area contributed by atoms with Gasteiger partial charge in [0.1, 0.15) is 12.4 Å².